The predicted octanol–water partition coefficient (Wildman–Crippen LogP) is 0.792. The molecule has 0 saturated heterocycles. The number of aliphatic imine (C=N–C) groups is 1. The zero-order chi connectivity index (χ0) is 13.9. The Kier molecular flexibility index (Phi) is 7.34. The summed E-state index contributed by atoms with van der Waals surface area (Å²) in [6.07, 6.45) is 2.67. The molecule has 1 heterocycles. The van der Waals surface area contributed by atoms with Crippen LogP contribution in [0.1, 0.15) is 12.0 Å². The van der Waals surface area contributed by atoms with Crippen molar-refractivity contribution in [3.63, 3.8) is 0 Å². The van der Waals surface area contributed by atoms with E-state index in [1.165, 1.54) is 0 Å². The van der Waals surface area contributed by atoms with Gasteiger partial charge in [0, 0.05) is 46.1 Å². The number of nitrogens with zero attached hydrogens (tertiary/aromatic N) is 2. The van der Waals surface area contributed by atoms with E-state index in [1.807, 2.05) is 12.1 Å². The van der Waals surface area contributed by atoms with Crippen LogP contribution in [0.3, 0.4) is 0 Å². The van der Waals surface area contributed by atoms with E-state index in [1.54, 1.807) is 27.5 Å². The molecule has 0 aliphatic heterocycles. The van der Waals surface area contributed by atoms with Gasteiger partial charge in [0.15, 0.2) is 5.96 Å². The third kappa shape index (κ3) is 6.05. The van der Waals surface area contributed by atoms with Gasteiger partial charge in [0.25, 0.3) is 0 Å². The summed E-state index contributed by atoms with van der Waals surface area (Å²) in [5.41, 5.74) is 1.09. The first-order valence-corrected chi connectivity index (χ1v) is 6.22. The molecule has 0 atom stereocenters. The quantitative estimate of drug-likeness (QED) is 0.434. The minimum Gasteiger partial charge on any atom is -0.481 e. The molecule has 0 saturated carbocycles. The molecule has 19 heavy (non-hydrogen) atoms. The maximum Gasteiger partial charge on any atom is 0.213 e. The highest BCUT2D eigenvalue weighted by atomic mass is 16.5. The third-order valence-corrected chi connectivity index (χ3v) is 2.51. The minimum absolute atomic E-state index is 0.613. The topological polar surface area (TPSA) is 67.8 Å². The van der Waals surface area contributed by atoms with Gasteiger partial charge in [0.05, 0.1) is 7.11 Å². The number of guanidine groups is 1. The number of ether oxygens (including phenoxy) is 2. The summed E-state index contributed by atoms with van der Waals surface area (Å²) < 4.78 is 10.1. The van der Waals surface area contributed by atoms with Crippen LogP contribution in [0.5, 0.6) is 5.88 Å². The number of hydrogen-bond donors (Lipinski definition) is 2. The van der Waals surface area contributed by atoms with Crippen LogP contribution in [0.2, 0.25) is 0 Å². The van der Waals surface area contributed by atoms with E-state index in [4.69, 9.17) is 9.47 Å². The van der Waals surface area contributed by atoms with Gasteiger partial charge in [-0.05, 0) is 18.1 Å². The van der Waals surface area contributed by atoms with Gasteiger partial charge >= 0.3 is 0 Å². The molecular weight excluding hydrogens is 244 g/mol. The van der Waals surface area contributed by atoms with Crippen molar-refractivity contribution in [3.05, 3.63) is 23.9 Å². The lowest BCUT2D eigenvalue weighted by Crippen LogP contribution is -2.37. The number of pyridine rings is 1. The highest BCUT2D eigenvalue weighted by Gasteiger charge is 2.00. The van der Waals surface area contributed by atoms with E-state index in [9.17, 15) is 0 Å². The number of aromatic nitrogens is 1. The standard InChI is InChI=1S/C13H22N4O2/c1-14-13(16-6-4-8-18-2)17-10-11-5-7-15-12(9-11)19-3/h5,7,9H,4,6,8,10H2,1-3H3,(H2,14,16,17). The van der Waals surface area contributed by atoms with Gasteiger partial charge in [0.2, 0.25) is 5.88 Å². The van der Waals surface area contributed by atoms with Crippen molar-refractivity contribution in [3.8, 4) is 5.88 Å². The van der Waals surface area contributed by atoms with Crippen molar-refractivity contribution in [2.24, 2.45) is 4.99 Å². The average molecular weight is 266 g/mol. The minimum atomic E-state index is 0.613. The molecule has 0 amide bonds. The summed E-state index contributed by atoms with van der Waals surface area (Å²) in [6.45, 7) is 2.24. The van der Waals surface area contributed by atoms with Gasteiger partial charge in [-0.2, -0.15) is 0 Å². The van der Waals surface area contributed by atoms with E-state index in [2.05, 4.69) is 20.6 Å². The molecule has 6 nitrogen and oxygen atoms in total. The van der Waals surface area contributed by atoms with E-state index < -0.39 is 0 Å². The fourth-order valence-corrected chi connectivity index (χ4v) is 1.50. The first kappa shape index (κ1) is 15.2. The molecule has 106 valence electrons. The normalized spacial score (nSPS) is 11.2. The molecule has 1 aromatic heterocycles. The zero-order valence-electron chi connectivity index (χ0n) is 11.8. The third-order valence-electron chi connectivity index (χ3n) is 2.51. The molecule has 0 radical (unpaired) electrons. The van der Waals surface area contributed by atoms with Crippen LogP contribution in [0.25, 0.3) is 0 Å². The Morgan fingerprint density at radius 3 is 2.89 bits per heavy atom. The van der Waals surface area contributed by atoms with Gasteiger partial charge in [-0.25, -0.2) is 4.98 Å². The van der Waals surface area contributed by atoms with Crippen molar-refractivity contribution >= 4 is 5.96 Å². The molecule has 0 unspecified atom stereocenters. The summed E-state index contributed by atoms with van der Waals surface area (Å²) in [5.74, 6) is 1.38. The molecule has 1 rings (SSSR count). The summed E-state index contributed by atoms with van der Waals surface area (Å²) in [4.78, 5) is 8.22. The van der Waals surface area contributed by atoms with Crippen molar-refractivity contribution < 1.29 is 9.47 Å². The van der Waals surface area contributed by atoms with Gasteiger partial charge in [-0.1, -0.05) is 0 Å². The number of nitrogens with one attached hydrogen (secondary N) is 2. The Labute approximate surface area is 114 Å². The van der Waals surface area contributed by atoms with E-state index in [0.717, 1.165) is 31.1 Å². The van der Waals surface area contributed by atoms with Gasteiger partial charge in [-0.3, -0.25) is 4.99 Å². The predicted molar refractivity (Wildman–Crippen MR) is 75.5 cm³/mol. The maximum atomic E-state index is 5.08. The largest absolute Gasteiger partial charge is 0.481 e. The fourth-order valence-electron chi connectivity index (χ4n) is 1.50. The lowest BCUT2D eigenvalue weighted by Gasteiger charge is -2.12. The fraction of sp³-hybridized carbons (Fsp3) is 0.538. The van der Waals surface area contributed by atoms with Gasteiger partial charge in [-0.15, -0.1) is 0 Å². The molecule has 0 aromatic carbocycles. The first-order chi connectivity index (χ1) is 9.30. The van der Waals surface area contributed by atoms with Crippen LogP contribution >= 0.6 is 0 Å². The van der Waals surface area contributed by atoms with Crippen molar-refractivity contribution in [2.45, 2.75) is 13.0 Å². The Balaban J connectivity index is 2.36. The second-order valence-electron chi connectivity index (χ2n) is 3.91. The molecule has 2 N–H and O–H groups in total. The van der Waals surface area contributed by atoms with Crippen LogP contribution in [-0.2, 0) is 11.3 Å². The summed E-state index contributed by atoms with van der Waals surface area (Å²) in [6, 6.07) is 3.83. The average Bonchev–Trinajstić information content (AvgIpc) is 2.47. The summed E-state index contributed by atoms with van der Waals surface area (Å²) >= 11 is 0. The molecule has 1 aromatic rings. The molecular formula is C13H22N4O2. The second kappa shape index (κ2) is 9.16. The monoisotopic (exact) mass is 266 g/mol. The smallest absolute Gasteiger partial charge is 0.213 e. The Morgan fingerprint density at radius 2 is 2.21 bits per heavy atom. The molecule has 6 heteroatoms. The van der Waals surface area contributed by atoms with Crippen LogP contribution in [0.4, 0.5) is 0 Å². The Bertz CT molecular complexity index is 396. The van der Waals surface area contributed by atoms with Crippen LogP contribution in [0, 0.1) is 0 Å². The SMILES string of the molecule is CN=C(NCCCOC)NCc1ccnc(OC)c1. The highest BCUT2D eigenvalue weighted by molar-refractivity contribution is 5.79. The highest BCUT2D eigenvalue weighted by Crippen LogP contribution is 2.07. The molecule has 0 aliphatic carbocycles. The number of methoxy groups -OCH3 is 2. The lowest BCUT2D eigenvalue weighted by atomic mass is 10.2. The Hall–Kier alpha value is -1.82. The molecule has 0 fully saturated rings. The Morgan fingerprint density at radius 1 is 1.37 bits per heavy atom. The maximum absolute atomic E-state index is 5.08. The van der Waals surface area contributed by atoms with Crippen LogP contribution < -0.4 is 15.4 Å². The van der Waals surface area contributed by atoms with Crippen molar-refractivity contribution in [2.75, 3.05) is 34.4 Å². The number of hydrogen-bond acceptors (Lipinski definition) is 4. The van der Waals surface area contributed by atoms with Gasteiger partial charge < -0.3 is 20.1 Å². The summed E-state index contributed by atoms with van der Waals surface area (Å²) in [5, 5.41) is 6.44. The van der Waals surface area contributed by atoms with E-state index in [0.29, 0.717) is 12.4 Å². The molecule has 0 bridgehead atoms. The lowest BCUT2D eigenvalue weighted by molar-refractivity contribution is 0.195. The van der Waals surface area contributed by atoms with Crippen molar-refractivity contribution in [1.82, 2.24) is 15.6 Å². The van der Waals surface area contributed by atoms with E-state index >= 15 is 0 Å². The molecule has 0 spiro atoms. The second-order valence-corrected chi connectivity index (χ2v) is 3.91. The van der Waals surface area contributed by atoms with Crippen LogP contribution in [-0.4, -0.2) is 45.4 Å². The zero-order valence-corrected chi connectivity index (χ0v) is 11.8. The summed E-state index contributed by atoms with van der Waals surface area (Å²) in [7, 11) is 5.05. The van der Waals surface area contributed by atoms with Crippen LogP contribution in [0.15, 0.2) is 23.3 Å². The molecule has 0 aliphatic rings. The first-order valence-electron chi connectivity index (χ1n) is 6.22. The number of rotatable bonds is 7. The van der Waals surface area contributed by atoms with Crippen molar-refractivity contribution in [1.29, 1.82) is 0 Å². The van der Waals surface area contributed by atoms with Gasteiger partial charge in [0.1, 0.15) is 0 Å². The van der Waals surface area contributed by atoms with E-state index in [-0.39, 0.29) is 0 Å².